The van der Waals surface area contributed by atoms with Crippen molar-refractivity contribution in [2.45, 2.75) is 38.6 Å². The lowest BCUT2D eigenvalue weighted by Gasteiger charge is -2.27. The van der Waals surface area contributed by atoms with Gasteiger partial charge in [0.1, 0.15) is 0 Å². The van der Waals surface area contributed by atoms with Crippen LogP contribution in [-0.4, -0.2) is 17.9 Å². The van der Waals surface area contributed by atoms with E-state index < -0.39 is 0 Å². The molecule has 1 aromatic rings. The molecule has 4 nitrogen and oxygen atoms in total. The summed E-state index contributed by atoms with van der Waals surface area (Å²) in [5, 5.41) is 3.05. The number of halogens is 1. The van der Waals surface area contributed by atoms with Crippen LogP contribution >= 0.6 is 15.9 Å². The first-order valence-corrected chi connectivity index (χ1v) is 7.63. The lowest BCUT2D eigenvalue weighted by molar-refractivity contribution is -0.122. The Bertz CT molecular complexity index is 523. The summed E-state index contributed by atoms with van der Waals surface area (Å²) in [4.78, 5) is 23.4. The summed E-state index contributed by atoms with van der Waals surface area (Å²) < 4.78 is 0.894. The van der Waals surface area contributed by atoms with E-state index in [9.17, 15) is 9.59 Å². The Labute approximate surface area is 127 Å². The molecule has 0 atom stereocenters. The molecule has 0 radical (unpaired) electrons. The number of carbonyl (C=O) groups is 2. The van der Waals surface area contributed by atoms with Gasteiger partial charge in [0.05, 0.1) is 0 Å². The molecule has 0 aromatic heterocycles. The van der Waals surface area contributed by atoms with Crippen LogP contribution in [0.2, 0.25) is 0 Å². The van der Waals surface area contributed by atoms with Crippen molar-refractivity contribution in [2.75, 3.05) is 0 Å². The Balaban J connectivity index is 1.96. The van der Waals surface area contributed by atoms with Crippen LogP contribution in [0.4, 0.5) is 0 Å². The zero-order valence-corrected chi connectivity index (χ0v) is 13.1. The Kier molecular flexibility index (Phi) is 4.81. The van der Waals surface area contributed by atoms with Crippen molar-refractivity contribution >= 4 is 27.7 Å². The molecular formula is C15H19BrN2O2. The third-order valence-corrected chi connectivity index (χ3v) is 4.40. The number of rotatable bonds is 3. The largest absolute Gasteiger partial charge is 0.369 e. The van der Waals surface area contributed by atoms with Crippen molar-refractivity contribution < 1.29 is 9.59 Å². The van der Waals surface area contributed by atoms with Gasteiger partial charge in [0.25, 0.3) is 5.91 Å². The highest BCUT2D eigenvalue weighted by atomic mass is 79.9. The molecule has 0 spiro atoms. The van der Waals surface area contributed by atoms with E-state index in [1.54, 1.807) is 0 Å². The molecular weight excluding hydrogens is 320 g/mol. The van der Waals surface area contributed by atoms with E-state index in [0.717, 1.165) is 35.7 Å². The number of nitrogens with one attached hydrogen (secondary N) is 1. The Hall–Kier alpha value is -1.36. The monoisotopic (exact) mass is 338 g/mol. The van der Waals surface area contributed by atoms with E-state index in [2.05, 4.69) is 21.2 Å². The lowest BCUT2D eigenvalue weighted by Crippen LogP contribution is -2.40. The third kappa shape index (κ3) is 3.60. The van der Waals surface area contributed by atoms with Gasteiger partial charge in [0, 0.05) is 22.0 Å². The number of benzene rings is 1. The number of carbonyl (C=O) groups excluding carboxylic acids is 2. The first kappa shape index (κ1) is 15.0. The van der Waals surface area contributed by atoms with Crippen molar-refractivity contribution in [3.05, 3.63) is 33.8 Å². The molecule has 1 fully saturated rings. The second kappa shape index (κ2) is 6.39. The molecule has 5 heteroatoms. The van der Waals surface area contributed by atoms with Crippen LogP contribution in [0.1, 0.15) is 41.6 Å². The predicted octanol–water partition coefficient (Wildman–Crippen LogP) is 2.53. The third-order valence-electron chi connectivity index (χ3n) is 3.91. The van der Waals surface area contributed by atoms with Gasteiger partial charge >= 0.3 is 0 Å². The summed E-state index contributed by atoms with van der Waals surface area (Å²) in [6.07, 6.45) is 3.15. The number of aryl methyl sites for hydroxylation is 1. The van der Waals surface area contributed by atoms with Crippen molar-refractivity contribution in [2.24, 2.45) is 11.7 Å². The van der Waals surface area contributed by atoms with E-state index >= 15 is 0 Å². The molecule has 20 heavy (non-hydrogen) atoms. The van der Waals surface area contributed by atoms with Gasteiger partial charge in [-0.1, -0.05) is 22.0 Å². The Morgan fingerprint density at radius 1 is 1.25 bits per heavy atom. The molecule has 0 aliphatic heterocycles. The Morgan fingerprint density at radius 3 is 2.50 bits per heavy atom. The zero-order valence-electron chi connectivity index (χ0n) is 11.5. The van der Waals surface area contributed by atoms with Gasteiger partial charge in [0.15, 0.2) is 0 Å². The molecule has 2 amide bonds. The molecule has 3 N–H and O–H groups in total. The lowest BCUT2D eigenvalue weighted by atomic mass is 9.85. The van der Waals surface area contributed by atoms with E-state index in [1.807, 2.05) is 25.1 Å². The van der Waals surface area contributed by atoms with Gasteiger partial charge in [0.2, 0.25) is 5.91 Å². The van der Waals surface area contributed by atoms with Gasteiger partial charge < -0.3 is 11.1 Å². The average Bonchev–Trinajstić information content (AvgIpc) is 2.42. The highest BCUT2D eigenvalue weighted by Crippen LogP contribution is 2.24. The summed E-state index contributed by atoms with van der Waals surface area (Å²) in [5.41, 5.74) is 6.96. The highest BCUT2D eigenvalue weighted by Gasteiger charge is 2.26. The fourth-order valence-electron chi connectivity index (χ4n) is 2.62. The van der Waals surface area contributed by atoms with Crippen LogP contribution in [0.25, 0.3) is 0 Å². The molecule has 108 valence electrons. The minimum atomic E-state index is -0.224. The maximum atomic E-state index is 12.3. The average molecular weight is 339 g/mol. The summed E-state index contributed by atoms with van der Waals surface area (Å²) in [7, 11) is 0. The number of primary amides is 1. The number of amides is 2. The smallest absolute Gasteiger partial charge is 0.251 e. The number of hydrogen-bond acceptors (Lipinski definition) is 2. The fourth-order valence-corrected chi connectivity index (χ4v) is 2.99. The topological polar surface area (TPSA) is 72.2 Å². The second-order valence-electron chi connectivity index (χ2n) is 5.38. The molecule has 1 aromatic carbocycles. The maximum absolute atomic E-state index is 12.3. The fraction of sp³-hybridized carbons (Fsp3) is 0.467. The summed E-state index contributed by atoms with van der Waals surface area (Å²) in [6, 6.07) is 5.81. The van der Waals surface area contributed by atoms with Crippen LogP contribution in [0.15, 0.2) is 22.7 Å². The van der Waals surface area contributed by atoms with Crippen LogP contribution in [0.5, 0.6) is 0 Å². The predicted molar refractivity (Wildman–Crippen MR) is 81.3 cm³/mol. The second-order valence-corrected chi connectivity index (χ2v) is 6.30. The van der Waals surface area contributed by atoms with Crippen LogP contribution < -0.4 is 11.1 Å². The molecule has 1 saturated carbocycles. The van der Waals surface area contributed by atoms with E-state index in [-0.39, 0.29) is 23.8 Å². The van der Waals surface area contributed by atoms with E-state index in [0.29, 0.717) is 5.56 Å². The summed E-state index contributed by atoms with van der Waals surface area (Å²) in [5.74, 6) is -0.306. The molecule has 0 heterocycles. The summed E-state index contributed by atoms with van der Waals surface area (Å²) in [6.45, 7) is 1.92. The quantitative estimate of drug-likeness (QED) is 0.888. The molecule has 0 unspecified atom stereocenters. The zero-order chi connectivity index (χ0) is 14.7. The van der Waals surface area contributed by atoms with E-state index in [1.165, 1.54) is 0 Å². The van der Waals surface area contributed by atoms with E-state index in [4.69, 9.17) is 5.73 Å². The summed E-state index contributed by atoms with van der Waals surface area (Å²) >= 11 is 3.38. The SMILES string of the molecule is Cc1ccc(Br)cc1C(=O)NC1CCC(C(N)=O)CC1. The normalized spacial score (nSPS) is 22.3. The molecule has 2 rings (SSSR count). The van der Waals surface area contributed by atoms with Crippen molar-refractivity contribution in [3.8, 4) is 0 Å². The standard InChI is InChI=1S/C15H19BrN2O2/c1-9-2-5-11(16)8-13(9)15(20)18-12-6-3-10(4-7-12)14(17)19/h2,5,8,10,12H,3-4,6-7H2,1H3,(H2,17,19)(H,18,20). The Morgan fingerprint density at radius 2 is 1.90 bits per heavy atom. The maximum Gasteiger partial charge on any atom is 0.251 e. The highest BCUT2D eigenvalue weighted by molar-refractivity contribution is 9.10. The molecule has 1 aliphatic rings. The van der Waals surface area contributed by atoms with Crippen LogP contribution in [-0.2, 0) is 4.79 Å². The van der Waals surface area contributed by atoms with Gasteiger partial charge in [-0.2, -0.15) is 0 Å². The van der Waals surface area contributed by atoms with Crippen LogP contribution in [0, 0.1) is 12.8 Å². The molecule has 0 bridgehead atoms. The van der Waals surface area contributed by atoms with Gasteiger partial charge in [-0.25, -0.2) is 0 Å². The molecule has 1 aliphatic carbocycles. The first-order chi connectivity index (χ1) is 9.47. The number of nitrogens with two attached hydrogens (primary N) is 1. The van der Waals surface area contributed by atoms with Crippen molar-refractivity contribution in [1.29, 1.82) is 0 Å². The number of hydrogen-bond donors (Lipinski definition) is 2. The van der Waals surface area contributed by atoms with Gasteiger partial charge in [-0.15, -0.1) is 0 Å². The minimum Gasteiger partial charge on any atom is -0.369 e. The first-order valence-electron chi connectivity index (χ1n) is 6.83. The van der Waals surface area contributed by atoms with Crippen LogP contribution in [0.3, 0.4) is 0 Å². The molecule has 0 saturated heterocycles. The van der Waals surface area contributed by atoms with Gasteiger partial charge in [-0.05, 0) is 50.3 Å². The van der Waals surface area contributed by atoms with Crippen molar-refractivity contribution in [1.82, 2.24) is 5.32 Å². The van der Waals surface area contributed by atoms with Crippen molar-refractivity contribution in [3.63, 3.8) is 0 Å². The van der Waals surface area contributed by atoms with Gasteiger partial charge in [-0.3, -0.25) is 9.59 Å². The minimum absolute atomic E-state index is 0.0317.